The lowest BCUT2D eigenvalue weighted by molar-refractivity contribution is 0.0826. The summed E-state index contributed by atoms with van der Waals surface area (Å²) in [5.41, 5.74) is 3.01. The molecular weight excluding hydrogens is 304 g/mol. The molecule has 4 nitrogen and oxygen atoms in total. The lowest BCUT2D eigenvalue weighted by Gasteiger charge is -2.35. The minimum absolute atomic E-state index is 0.0715. The highest BCUT2D eigenvalue weighted by Crippen LogP contribution is 2.44. The zero-order valence-corrected chi connectivity index (χ0v) is 14.0. The fourth-order valence-electron chi connectivity index (χ4n) is 3.69. The number of fused-ring (bicyclic) bond motifs is 3. The van der Waals surface area contributed by atoms with Gasteiger partial charge < -0.3 is 19.7 Å². The van der Waals surface area contributed by atoms with Crippen molar-refractivity contribution in [2.75, 3.05) is 6.61 Å². The van der Waals surface area contributed by atoms with Crippen molar-refractivity contribution >= 4 is 0 Å². The van der Waals surface area contributed by atoms with Gasteiger partial charge in [0.1, 0.15) is 28.6 Å². The Labute approximate surface area is 141 Å². The number of hydrogen-bond donors (Lipinski definition) is 2. The minimum Gasteiger partial charge on any atom is -0.508 e. The van der Waals surface area contributed by atoms with Gasteiger partial charge in [-0.1, -0.05) is 12.1 Å². The van der Waals surface area contributed by atoms with Crippen LogP contribution in [0.25, 0.3) is 0 Å². The molecule has 2 aliphatic rings. The van der Waals surface area contributed by atoms with Gasteiger partial charge >= 0.3 is 0 Å². The van der Waals surface area contributed by atoms with E-state index in [2.05, 4.69) is 19.9 Å². The Morgan fingerprint density at radius 2 is 1.96 bits per heavy atom. The van der Waals surface area contributed by atoms with Crippen LogP contribution in [-0.2, 0) is 12.8 Å². The fourth-order valence-corrected chi connectivity index (χ4v) is 3.69. The van der Waals surface area contributed by atoms with Gasteiger partial charge in [0.2, 0.25) is 0 Å². The molecule has 0 amide bonds. The molecule has 4 rings (SSSR count). The van der Waals surface area contributed by atoms with E-state index >= 15 is 0 Å². The maximum Gasteiger partial charge on any atom is 0.129 e. The zero-order chi connectivity index (χ0) is 16.9. The molecule has 126 valence electrons. The quantitative estimate of drug-likeness (QED) is 0.834. The summed E-state index contributed by atoms with van der Waals surface area (Å²) >= 11 is 0. The highest BCUT2D eigenvalue weighted by molar-refractivity contribution is 5.54. The monoisotopic (exact) mass is 326 g/mol. The van der Waals surface area contributed by atoms with Crippen molar-refractivity contribution in [2.45, 2.75) is 44.6 Å². The van der Waals surface area contributed by atoms with Crippen LogP contribution in [0.15, 0.2) is 30.3 Å². The maximum absolute atomic E-state index is 10.1. The first kappa shape index (κ1) is 15.2. The van der Waals surface area contributed by atoms with Gasteiger partial charge in [-0.05, 0) is 50.8 Å². The van der Waals surface area contributed by atoms with Crippen LogP contribution in [0.5, 0.6) is 23.0 Å². The van der Waals surface area contributed by atoms with Gasteiger partial charge in [-0.25, -0.2) is 0 Å². The van der Waals surface area contributed by atoms with Crippen LogP contribution in [0.4, 0.5) is 0 Å². The van der Waals surface area contributed by atoms with E-state index in [1.54, 1.807) is 12.1 Å². The lowest BCUT2D eigenvalue weighted by Crippen LogP contribution is -2.33. The zero-order valence-electron chi connectivity index (χ0n) is 14.0. The number of benzene rings is 2. The minimum atomic E-state index is -0.129. The van der Waals surface area contributed by atoms with E-state index in [0.29, 0.717) is 6.61 Å². The van der Waals surface area contributed by atoms with Gasteiger partial charge in [-0.2, -0.15) is 0 Å². The average Bonchev–Trinajstić information content (AvgIpc) is 2.53. The van der Waals surface area contributed by atoms with Crippen LogP contribution >= 0.6 is 0 Å². The van der Waals surface area contributed by atoms with Crippen LogP contribution < -0.4 is 9.47 Å². The van der Waals surface area contributed by atoms with E-state index in [4.69, 9.17) is 9.47 Å². The summed E-state index contributed by atoms with van der Waals surface area (Å²) in [6.45, 7) is 4.74. The van der Waals surface area contributed by atoms with Gasteiger partial charge in [0, 0.05) is 23.1 Å². The molecule has 0 saturated carbocycles. The van der Waals surface area contributed by atoms with Crippen LogP contribution in [0.3, 0.4) is 0 Å². The Balaban J connectivity index is 1.65. The number of hydrogen-bond acceptors (Lipinski definition) is 4. The Morgan fingerprint density at radius 1 is 1.12 bits per heavy atom. The van der Waals surface area contributed by atoms with Gasteiger partial charge in [-0.3, -0.25) is 0 Å². The predicted octanol–water partition coefficient (Wildman–Crippen LogP) is 3.92. The van der Waals surface area contributed by atoms with Crippen molar-refractivity contribution in [3.05, 3.63) is 47.0 Å². The smallest absolute Gasteiger partial charge is 0.129 e. The first-order valence-corrected chi connectivity index (χ1v) is 8.41. The van der Waals surface area contributed by atoms with E-state index < -0.39 is 0 Å². The Bertz CT molecular complexity index is 794. The number of aromatic hydroxyl groups is 2. The summed E-state index contributed by atoms with van der Waals surface area (Å²) in [5, 5.41) is 19.6. The maximum atomic E-state index is 10.1. The topological polar surface area (TPSA) is 58.9 Å². The molecule has 2 aromatic carbocycles. The van der Waals surface area contributed by atoms with Gasteiger partial charge in [0.05, 0.1) is 6.61 Å². The third kappa shape index (κ3) is 2.56. The Kier molecular flexibility index (Phi) is 3.37. The molecule has 0 radical (unpaired) electrons. The highest BCUT2D eigenvalue weighted by Gasteiger charge is 2.32. The number of rotatable bonds is 1. The Hall–Kier alpha value is -2.36. The van der Waals surface area contributed by atoms with Crippen LogP contribution in [0.1, 0.15) is 42.9 Å². The molecule has 0 fully saturated rings. The van der Waals surface area contributed by atoms with Gasteiger partial charge in [0.25, 0.3) is 0 Å². The summed E-state index contributed by atoms with van der Waals surface area (Å²) in [6, 6.07) is 8.87. The van der Waals surface area contributed by atoms with Crippen molar-refractivity contribution in [3.63, 3.8) is 0 Å². The molecule has 4 heteroatoms. The summed E-state index contributed by atoms with van der Waals surface area (Å²) in [4.78, 5) is 0. The summed E-state index contributed by atoms with van der Waals surface area (Å²) < 4.78 is 12.2. The molecule has 1 atom stereocenters. The lowest BCUT2D eigenvalue weighted by atomic mass is 9.86. The third-order valence-electron chi connectivity index (χ3n) is 5.01. The van der Waals surface area contributed by atoms with Crippen molar-refractivity contribution < 1.29 is 19.7 Å². The van der Waals surface area contributed by atoms with Gasteiger partial charge in [-0.15, -0.1) is 0 Å². The number of ether oxygens (including phenoxy) is 2. The predicted molar refractivity (Wildman–Crippen MR) is 91.2 cm³/mol. The van der Waals surface area contributed by atoms with Crippen LogP contribution in [0.2, 0.25) is 0 Å². The molecule has 2 aliphatic heterocycles. The molecular formula is C20H22O4. The highest BCUT2D eigenvalue weighted by atomic mass is 16.5. The molecule has 0 bridgehead atoms. The summed E-state index contributed by atoms with van der Waals surface area (Å²) in [5.74, 6) is 2.16. The normalized spacial score (nSPS) is 21.2. The molecule has 2 heterocycles. The molecule has 0 aliphatic carbocycles. The first-order valence-electron chi connectivity index (χ1n) is 8.41. The summed E-state index contributed by atoms with van der Waals surface area (Å²) in [7, 11) is 0. The fraction of sp³-hybridized carbons (Fsp3) is 0.400. The molecule has 0 saturated heterocycles. The number of phenols is 2. The largest absolute Gasteiger partial charge is 0.508 e. The molecule has 0 spiro atoms. The SMILES string of the molecule is CC1(C)CCc2c(ccc3c2OCC(c2ccc(O)cc2O)C3)O1. The molecule has 2 N–H and O–H groups in total. The van der Waals surface area contributed by atoms with Crippen LogP contribution in [-0.4, -0.2) is 22.4 Å². The second-order valence-electron chi connectivity index (χ2n) is 7.35. The van der Waals surface area contributed by atoms with Crippen molar-refractivity contribution in [1.29, 1.82) is 0 Å². The molecule has 24 heavy (non-hydrogen) atoms. The molecule has 0 aromatic heterocycles. The van der Waals surface area contributed by atoms with Crippen molar-refractivity contribution in [1.82, 2.24) is 0 Å². The third-order valence-corrected chi connectivity index (χ3v) is 5.01. The second-order valence-corrected chi connectivity index (χ2v) is 7.35. The van der Waals surface area contributed by atoms with Crippen molar-refractivity contribution in [2.24, 2.45) is 0 Å². The standard InChI is InChI=1S/C20H22O4/c1-20(2)8-7-16-18(24-20)6-3-12-9-13(11-23-19(12)16)15-5-4-14(21)10-17(15)22/h3-6,10,13,21-22H,7-9,11H2,1-2H3. The Morgan fingerprint density at radius 3 is 2.75 bits per heavy atom. The van der Waals surface area contributed by atoms with E-state index in [9.17, 15) is 10.2 Å². The second kappa shape index (κ2) is 5.33. The van der Waals surface area contributed by atoms with Crippen molar-refractivity contribution in [3.8, 4) is 23.0 Å². The molecule has 2 aromatic rings. The molecule has 1 unspecified atom stereocenters. The first-order chi connectivity index (χ1) is 11.4. The summed E-state index contributed by atoms with van der Waals surface area (Å²) in [6.07, 6.45) is 2.74. The van der Waals surface area contributed by atoms with E-state index in [1.165, 1.54) is 11.6 Å². The van der Waals surface area contributed by atoms with Crippen LogP contribution in [0, 0.1) is 0 Å². The average molecular weight is 326 g/mol. The van der Waals surface area contributed by atoms with E-state index in [0.717, 1.165) is 41.9 Å². The van der Waals surface area contributed by atoms with E-state index in [1.807, 2.05) is 6.07 Å². The van der Waals surface area contributed by atoms with Gasteiger partial charge in [0.15, 0.2) is 0 Å². The number of phenolic OH excluding ortho intramolecular Hbond substituents is 2. The van der Waals surface area contributed by atoms with E-state index in [-0.39, 0.29) is 23.0 Å².